The first-order chi connectivity index (χ1) is 7.54. The number of carbonyl (C=O) groups excluding carboxylic acids is 2. The Kier molecular flexibility index (Phi) is 22.5. The molecule has 2 radical (unpaired) electrons. The van der Waals surface area contributed by atoms with Crippen molar-refractivity contribution in [2.45, 2.75) is 39.5 Å². The fraction of sp³-hybridized carbons (Fsp3) is 0.500. The first-order valence-corrected chi connectivity index (χ1v) is 5.29. The summed E-state index contributed by atoms with van der Waals surface area (Å²) in [6.45, 7) is 3.97. The third-order valence-corrected chi connectivity index (χ3v) is 1.42. The van der Waals surface area contributed by atoms with Crippen LogP contribution >= 0.6 is 0 Å². The van der Waals surface area contributed by atoms with Gasteiger partial charge in [-0.1, -0.05) is 38.8 Å². The van der Waals surface area contributed by atoms with E-state index in [-0.39, 0.29) is 27.3 Å². The summed E-state index contributed by atoms with van der Waals surface area (Å²) >= 11 is 0. The van der Waals surface area contributed by atoms with Crippen LogP contribution in [0.4, 0.5) is 0 Å². The van der Waals surface area contributed by atoms with Gasteiger partial charge in [-0.15, -0.1) is 0 Å². The smallest absolute Gasteiger partial charge is 0.545 e. The van der Waals surface area contributed by atoms with Crippen molar-refractivity contribution in [2.24, 2.45) is 0 Å². The molecule has 0 aromatic rings. The van der Waals surface area contributed by atoms with E-state index in [1.54, 1.807) is 12.2 Å². The van der Waals surface area contributed by atoms with Crippen molar-refractivity contribution in [1.29, 1.82) is 0 Å². The van der Waals surface area contributed by atoms with E-state index < -0.39 is 11.9 Å². The standard InChI is InChI=1S/2C6H10O2.Pb/c2*1-2-3-4-5-6(7)8;/h2*4-5H,2-3H2,1H3,(H,7,8);/q;;+2/p-2. The van der Waals surface area contributed by atoms with Crippen molar-refractivity contribution >= 4 is 39.2 Å². The molecule has 0 saturated carbocycles. The normalized spacial score (nSPS) is 9.53. The summed E-state index contributed by atoms with van der Waals surface area (Å²) in [4.78, 5) is 19.4. The molecule has 0 spiro atoms. The number of unbranched alkanes of at least 4 members (excludes halogenated alkanes) is 2. The summed E-state index contributed by atoms with van der Waals surface area (Å²) in [7, 11) is 0. The van der Waals surface area contributed by atoms with E-state index in [9.17, 15) is 19.8 Å². The zero-order chi connectivity index (χ0) is 12.8. The molecule has 5 heteroatoms. The zero-order valence-electron chi connectivity index (χ0n) is 10.3. The molecule has 0 unspecified atom stereocenters. The minimum Gasteiger partial charge on any atom is -0.545 e. The number of carboxylic acids is 2. The van der Waals surface area contributed by atoms with Crippen LogP contribution in [0.15, 0.2) is 24.3 Å². The summed E-state index contributed by atoms with van der Waals surface area (Å²) in [5.74, 6) is -2.23. The molecule has 0 atom stereocenters. The maximum Gasteiger partial charge on any atom is 2.00 e. The van der Waals surface area contributed by atoms with E-state index in [4.69, 9.17) is 0 Å². The summed E-state index contributed by atoms with van der Waals surface area (Å²) in [6, 6.07) is 0. The van der Waals surface area contributed by atoms with Crippen molar-refractivity contribution in [2.75, 3.05) is 0 Å². The molecular weight excluding hydrogens is 415 g/mol. The summed E-state index contributed by atoms with van der Waals surface area (Å²) in [5.41, 5.74) is 0. The van der Waals surface area contributed by atoms with E-state index in [0.29, 0.717) is 0 Å². The van der Waals surface area contributed by atoms with Crippen LogP contribution in [0.25, 0.3) is 0 Å². The molecule has 0 heterocycles. The van der Waals surface area contributed by atoms with E-state index in [1.807, 2.05) is 13.8 Å². The van der Waals surface area contributed by atoms with Crippen LogP contribution in [0, 0.1) is 0 Å². The molecular formula is C12H18O4Pb. The first-order valence-electron chi connectivity index (χ1n) is 5.29. The van der Waals surface area contributed by atoms with Crippen molar-refractivity contribution in [1.82, 2.24) is 0 Å². The number of aliphatic carboxylic acids is 2. The second kappa shape index (κ2) is 17.7. The van der Waals surface area contributed by atoms with Crippen molar-refractivity contribution in [3.8, 4) is 0 Å². The summed E-state index contributed by atoms with van der Waals surface area (Å²) in [6.07, 6.45) is 8.88. The van der Waals surface area contributed by atoms with Crippen LogP contribution in [-0.4, -0.2) is 39.2 Å². The van der Waals surface area contributed by atoms with Gasteiger partial charge in [-0.3, -0.25) is 0 Å². The number of allylic oxidation sites excluding steroid dienone is 2. The van der Waals surface area contributed by atoms with Crippen LogP contribution in [0.3, 0.4) is 0 Å². The Labute approximate surface area is 123 Å². The van der Waals surface area contributed by atoms with Gasteiger partial charge in [0.1, 0.15) is 0 Å². The van der Waals surface area contributed by atoms with Gasteiger partial charge >= 0.3 is 27.3 Å². The maximum absolute atomic E-state index is 9.68. The fourth-order valence-electron chi connectivity index (χ4n) is 0.692. The Hall–Kier alpha value is -0.658. The second-order valence-corrected chi connectivity index (χ2v) is 3.02. The maximum atomic E-state index is 9.68. The Morgan fingerprint density at radius 2 is 1.18 bits per heavy atom. The molecule has 17 heavy (non-hydrogen) atoms. The predicted octanol–water partition coefficient (Wildman–Crippen LogP) is -0.196. The van der Waals surface area contributed by atoms with Crippen molar-refractivity contribution in [3.05, 3.63) is 24.3 Å². The Bertz CT molecular complexity index is 221. The third kappa shape index (κ3) is 31.3. The van der Waals surface area contributed by atoms with Gasteiger partial charge in [-0.2, -0.15) is 0 Å². The Morgan fingerprint density at radius 1 is 0.882 bits per heavy atom. The van der Waals surface area contributed by atoms with Gasteiger partial charge in [0.15, 0.2) is 0 Å². The molecule has 0 aliphatic carbocycles. The predicted molar refractivity (Wildman–Crippen MR) is 63.9 cm³/mol. The molecule has 4 nitrogen and oxygen atoms in total. The van der Waals surface area contributed by atoms with Crippen LogP contribution in [-0.2, 0) is 9.59 Å². The number of hydrogen-bond donors (Lipinski definition) is 0. The van der Waals surface area contributed by atoms with Gasteiger partial charge in [0.25, 0.3) is 0 Å². The van der Waals surface area contributed by atoms with Gasteiger partial charge in [0, 0.05) is 0 Å². The zero-order valence-corrected chi connectivity index (χ0v) is 14.2. The fourth-order valence-corrected chi connectivity index (χ4v) is 0.692. The van der Waals surface area contributed by atoms with Gasteiger partial charge in [0.2, 0.25) is 0 Å². The van der Waals surface area contributed by atoms with Crippen molar-refractivity contribution < 1.29 is 19.8 Å². The summed E-state index contributed by atoms with van der Waals surface area (Å²) < 4.78 is 0. The molecule has 0 aromatic heterocycles. The van der Waals surface area contributed by atoms with E-state index in [2.05, 4.69) is 0 Å². The largest absolute Gasteiger partial charge is 2.00 e. The van der Waals surface area contributed by atoms with E-state index in [0.717, 1.165) is 37.8 Å². The van der Waals surface area contributed by atoms with Crippen LogP contribution in [0.2, 0.25) is 0 Å². The number of carboxylic acid groups (broad SMARTS) is 2. The molecule has 0 fully saturated rings. The Morgan fingerprint density at radius 3 is 1.35 bits per heavy atom. The van der Waals surface area contributed by atoms with Crippen LogP contribution < -0.4 is 10.2 Å². The van der Waals surface area contributed by atoms with Crippen LogP contribution in [0.1, 0.15) is 39.5 Å². The van der Waals surface area contributed by atoms with Crippen molar-refractivity contribution in [3.63, 3.8) is 0 Å². The molecule has 0 amide bonds. The minimum atomic E-state index is -1.11. The molecule has 0 bridgehead atoms. The average Bonchev–Trinajstić information content (AvgIpc) is 2.18. The van der Waals surface area contributed by atoms with Gasteiger partial charge in [0.05, 0.1) is 11.9 Å². The van der Waals surface area contributed by atoms with E-state index in [1.165, 1.54) is 0 Å². The first kappa shape index (κ1) is 21.6. The summed E-state index contributed by atoms with van der Waals surface area (Å²) in [5, 5.41) is 19.4. The average molecular weight is 433 g/mol. The number of hydrogen-bond acceptors (Lipinski definition) is 4. The third-order valence-electron chi connectivity index (χ3n) is 1.42. The molecule has 0 aromatic carbocycles. The van der Waals surface area contributed by atoms with Gasteiger partial charge in [-0.25, -0.2) is 0 Å². The Balaban J connectivity index is -0.000000218. The topological polar surface area (TPSA) is 80.3 Å². The minimum absolute atomic E-state index is 0. The van der Waals surface area contributed by atoms with Gasteiger partial charge < -0.3 is 19.8 Å². The second-order valence-electron chi connectivity index (χ2n) is 3.02. The molecule has 0 rings (SSSR count). The van der Waals surface area contributed by atoms with Gasteiger partial charge in [-0.05, 0) is 25.0 Å². The van der Waals surface area contributed by atoms with E-state index >= 15 is 0 Å². The molecule has 94 valence electrons. The SMILES string of the molecule is CCCC=CC(=O)[O-].CCCC=CC(=O)[O-].[Pb+2]. The monoisotopic (exact) mass is 434 g/mol. The number of rotatable bonds is 6. The number of carbonyl (C=O) groups is 2. The quantitative estimate of drug-likeness (QED) is 0.430. The molecule has 0 N–H and O–H groups in total. The molecule has 0 aliphatic rings. The van der Waals surface area contributed by atoms with Crippen LogP contribution in [0.5, 0.6) is 0 Å². The molecule has 0 aliphatic heterocycles. The molecule has 0 saturated heterocycles.